The van der Waals surface area contributed by atoms with Gasteiger partial charge in [-0.1, -0.05) is 67.0 Å². The van der Waals surface area contributed by atoms with Gasteiger partial charge in [0.05, 0.1) is 30.1 Å². The maximum atomic E-state index is 13.1. The Morgan fingerprint density at radius 1 is 0.978 bits per heavy atom. The monoisotopic (exact) mass is 632 g/mol. The molecule has 0 saturated heterocycles. The van der Waals surface area contributed by atoms with Gasteiger partial charge in [0.1, 0.15) is 18.8 Å². The van der Waals surface area contributed by atoms with Crippen LogP contribution < -0.4 is 0 Å². The number of aliphatic hydroxyl groups is 4. The van der Waals surface area contributed by atoms with Gasteiger partial charge < -0.3 is 29.9 Å². The third-order valence-electron chi connectivity index (χ3n) is 15.0. The first-order valence-electron chi connectivity index (χ1n) is 17.5. The summed E-state index contributed by atoms with van der Waals surface area (Å²) in [5.41, 5.74) is -1.81. The Labute approximate surface area is 270 Å². The van der Waals surface area contributed by atoms with E-state index in [2.05, 4.69) is 33.8 Å². The third kappa shape index (κ3) is 4.73. The highest BCUT2D eigenvalue weighted by atomic mass is 16.6. The SMILES string of the molecule is CCC(C)C(=O)OC1C(O)C2(COC(C)=O)C(O)CC3(C)C(=CCC4C5(C)CCC(O)C(C)(CO)C5CCC43C)C2CC1(C)C. The number of aliphatic hydroxyl groups excluding tert-OH is 4. The Hall–Kier alpha value is -1.48. The van der Waals surface area contributed by atoms with Gasteiger partial charge in [-0.25, -0.2) is 0 Å². The van der Waals surface area contributed by atoms with Gasteiger partial charge in [-0.2, -0.15) is 0 Å². The lowest BCUT2D eigenvalue weighted by Crippen LogP contribution is -2.72. The summed E-state index contributed by atoms with van der Waals surface area (Å²) in [5.74, 6) is -0.976. The Morgan fingerprint density at radius 2 is 1.64 bits per heavy atom. The van der Waals surface area contributed by atoms with Crippen LogP contribution in [-0.4, -0.2) is 70.0 Å². The van der Waals surface area contributed by atoms with Crippen LogP contribution >= 0.6 is 0 Å². The van der Waals surface area contributed by atoms with Gasteiger partial charge in [0.2, 0.25) is 0 Å². The van der Waals surface area contributed by atoms with E-state index in [1.54, 1.807) is 0 Å². The molecule has 0 aromatic heterocycles. The largest absolute Gasteiger partial charge is 0.465 e. The van der Waals surface area contributed by atoms with Crippen molar-refractivity contribution in [2.75, 3.05) is 13.2 Å². The fourth-order valence-electron chi connectivity index (χ4n) is 11.7. The van der Waals surface area contributed by atoms with E-state index in [0.29, 0.717) is 25.7 Å². The molecule has 8 nitrogen and oxygen atoms in total. The fourth-order valence-corrected chi connectivity index (χ4v) is 11.7. The molecule has 0 amide bonds. The molecule has 0 aliphatic heterocycles. The normalized spacial score (nSPS) is 49.3. The zero-order valence-corrected chi connectivity index (χ0v) is 29.2. The lowest BCUT2D eigenvalue weighted by Gasteiger charge is -2.72. The van der Waals surface area contributed by atoms with Crippen molar-refractivity contribution in [3.8, 4) is 0 Å². The predicted octanol–water partition coefficient (Wildman–Crippen LogP) is 5.19. The molecule has 13 unspecified atom stereocenters. The number of carbonyl (C=O) groups is 2. The van der Waals surface area contributed by atoms with Crippen molar-refractivity contribution in [1.29, 1.82) is 0 Å². The maximum absolute atomic E-state index is 13.1. The number of hydrogen-bond acceptors (Lipinski definition) is 8. The van der Waals surface area contributed by atoms with E-state index in [1.165, 1.54) is 12.5 Å². The van der Waals surface area contributed by atoms with Gasteiger partial charge in [0.15, 0.2) is 0 Å². The number of esters is 2. The van der Waals surface area contributed by atoms with Crippen LogP contribution in [0.2, 0.25) is 0 Å². The van der Waals surface area contributed by atoms with Crippen LogP contribution in [-0.2, 0) is 19.1 Å². The highest BCUT2D eigenvalue weighted by Crippen LogP contribution is 2.75. The Balaban J connectivity index is 1.61. The molecule has 4 N–H and O–H groups in total. The number of fused-ring (bicyclic) bond motifs is 7. The first kappa shape index (κ1) is 34.8. The summed E-state index contributed by atoms with van der Waals surface area (Å²) in [6.45, 7) is 18.1. The second kappa shape index (κ2) is 11.3. The zero-order chi connectivity index (χ0) is 33.5. The fraction of sp³-hybridized carbons (Fsp3) is 0.892. The summed E-state index contributed by atoms with van der Waals surface area (Å²) < 4.78 is 11.8. The Kier molecular flexibility index (Phi) is 8.75. The van der Waals surface area contributed by atoms with Gasteiger partial charge in [0, 0.05) is 17.8 Å². The average Bonchev–Trinajstić information content (AvgIpc) is 2.96. The van der Waals surface area contributed by atoms with Crippen molar-refractivity contribution >= 4 is 11.9 Å². The molecule has 45 heavy (non-hydrogen) atoms. The standard InChI is InChI=1S/C37H60O8/c1-10-21(2)31(43)45-30-29(42)37(20-44-22(3)39)24(17-32(30,4)5)23-11-12-26-33(6)15-14-27(40)34(7,19-38)25(33)13-16-35(26,8)36(23,9)18-28(37)41/h11,21,24-30,38,40-42H,10,12-20H2,1-9H3. The maximum Gasteiger partial charge on any atom is 0.309 e. The zero-order valence-electron chi connectivity index (χ0n) is 29.2. The minimum Gasteiger partial charge on any atom is -0.465 e. The molecule has 0 aromatic rings. The molecular formula is C37H60O8. The molecule has 4 fully saturated rings. The summed E-state index contributed by atoms with van der Waals surface area (Å²) in [6.07, 6.45) is 4.52. The highest BCUT2D eigenvalue weighted by Gasteiger charge is 2.73. The molecule has 5 aliphatic carbocycles. The van der Waals surface area contributed by atoms with E-state index < -0.39 is 52.0 Å². The van der Waals surface area contributed by atoms with Crippen LogP contribution in [0.1, 0.15) is 114 Å². The van der Waals surface area contributed by atoms with Gasteiger partial charge >= 0.3 is 11.9 Å². The quantitative estimate of drug-likeness (QED) is 0.232. The van der Waals surface area contributed by atoms with E-state index >= 15 is 0 Å². The van der Waals surface area contributed by atoms with Crippen molar-refractivity contribution in [1.82, 2.24) is 0 Å². The molecule has 0 bridgehead atoms. The van der Waals surface area contributed by atoms with Crippen molar-refractivity contribution in [2.45, 2.75) is 138 Å². The molecule has 0 radical (unpaired) electrons. The van der Waals surface area contributed by atoms with Crippen LogP contribution in [0.15, 0.2) is 11.6 Å². The van der Waals surface area contributed by atoms with E-state index in [1.807, 2.05) is 27.7 Å². The summed E-state index contributed by atoms with van der Waals surface area (Å²) >= 11 is 0. The van der Waals surface area contributed by atoms with Crippen LogP contribution in [0.3, 0.4) is 0 Å². The number of rotatable bonds is 6. The van der Waals surface area contributed by atoms with Crippen LogP contribution in [0.5, 0.6) is 0 Å². The summed E-state index contributed by atoms with van der Waals surface area (Å²) in [7, 11) is 0. The van der Waals surface area contributed by atoms with Crippen molar-refractivity contribution in [3.63, 3.8) is 0 Å². The minimum absolute atomic E-state index is 0.0363. The molecule has 0 heterocycles. The highest BCUT2D eigenvalue weighted by molar-refractivity contribution is 5.72. The van der Waals surface area contributed by atoms with E-state index in [-0.39, 0.29) is 53.7 Å². The second-order valence-corrected chi connectivity index (χ2v) is 17.5. The molecule has 256 valence electrons. The van der Waals surface area contributed by atoms with Crippen molar-refractivity contribution in [2.24, 2.45) is 56.2 Å². The Bertz CT molecular complexity index is 1210. The van der Waals surface area contributed by atoms with Crippen LogP contribution in [0, 0.1) is 56.2 Å². The Morgan fingerprint density at radius 3 is 2.24 bits per heavy atom. The smallest absolute Gasteiger partial charge is 0.309 e. The van der Waals surface area contributed by atoms with E-state index in [4.69, 9.17) is 9.47 Å². The minimum atomic E-state index is -1.23. The molecule has 4 saturated carbocycles. The molecule has 0 aromatic carbocycles. The molecule has 5 aliphatic rings. The number of ether oxygens (including phenoxy) is 2. The first-order chi connectivity index (χ1) is 20.8. The number of carbonyl (C=O) groups excluding carboxylic acids is 2. The van der Waals surface area contributed by atoms with Crippen molar-refractivity contribution in [3.05, 3.63) is 11.6 Å². The van der Waals surface area contributed by atoms with Gasteiger partial charge in [-0.05, 0) is 85.4 Å². The van der Waals surface area contributed by atoms with Crippen LogP contribution in [0.4, 0.5) is 0 Å². The van der Waals surface area contributed by atoms with Gasteiger partial charge in [-0.3, -0.25) is 9.59 Å². The van der Waals surface area contributed by atoms with Gasteiger partial charge in [0.25, 0.3) is 0 Å². The van der Waals surface area contributed by atoms with E-state index in [0.717, 1.165) is 25.7 Å². The molecule has 13 atom stereocenters. The predicted molar refractivity (Wildman–Crippen MR) is 171 cm³/mol. The molecular weight excluding hydrogens is 572 g/mol. The number of allylic oxidation sites excluding steroid dienone is 2. The van der Waals surface area contributed by atoms with Crippen LogP contribution in [0.25, 0.3) is 0 Å². The third-order valence-corrected chi connectivity index (χ3v) is 15.0. The molecule has 5 rings (SSSR count). The lowest BCUT2D eigenvalue weighted by molar-refractivity contribution is -0.265. The summed E-state index contributed by atoms with van der Waals surface area (Å²) in [4.78, 5) is 25.3. The lowest BCUT2D eigenvalue weighted by atomic mass is 9.33. The van der Waals surface area contributed by atoms with Crippen molar-refractivity contribution < 1.29 is 39.5 Å². The first-order valence-corrected chi connectivity index (χ1v) is 17.5. The summed E-state index contributed by atoms with van der Waals surface area (Å²) in [6, 6.07) is 0. The second-order valence-electron chi connectivity index (χ2n) is 17.5. The summed E-state index contributed by atoms with van der Waals surface area (Å²) in [5, 5.41) is 46.3. The molecule has 0 spiro atoms. The topological polar surface area (TPSA) is 134 Å². The van der Waals surface area contributed by atoms with Gasteiger partial charge in [-0.15, -0.1) is 0 Å². The number of hydrogen-bond donors (Lipinski definition) is 4. The average molecular weight is 633 g/mol. The van der Waals surface area contributed by atoms with E-state index in [9.17, 15) is 30.0 Å². The molecule has 8 heteroatoms.